The molecular formula is C24H36O4. The number of hydrogen-bond acceptors (Lipinski definition) is 4. The Bertz CT molecular complexity index is 778. The summed E-state index contributed by atoms with van der Waals surface area (Å²) in [5.41, 5.74) is 3.27. The fourth-order valence-corrected chi connectivity index (χ4v) is 5.70. The van der Waals surface area contributed by atoms with E-state index in [-0.39, 0.29) is 17.3 Å². The number of ether oxygens (including phenoxy) is 3. The van der Waals surface area contributed by atoms with Crippen LogP contribution in [0.15, 0.2) is 6.58 Å². The molecule has 0 saturated heterocycles. The van der Waals surface area contributed by atoms with Crippen LogP contribution < -0.4 is 14.2 Å². The van der Waals surface area contributed by atoms with Gasteiger partial charge in [-0.3, -0.25) is 0 Å². The van der Waals surface area contributed by atoms with Crippen molar-refractivity contribution in [3.8, 4) is 17.2 Å². The van der Waals surface area contributed by atoms with Gasteiger partial charge in [0, 0.05) is 23.1 Å². The van der Waals surface area contributed by atoms with Gasteiger partial charge >= 0.3 is 0 Å². The summed E-state index contributed by atoms with van der Waals surface area (Å²) in [6, 6.07) is 0. The molecule has 0 aromatic heterocycles. The van der Waals surface area contributed by atoms with Gasteiger partial charge in [-0.1, -0.05) is 40.7 Å². The molecule has 1 aromatic rings. The van der Waals surface area contributed by atoms with E-state index in [2.05, 4.69) is 34.3 Å². The Hall–Kier alpha value is -1.68. The average Bonchev–Trinajstić information content (AvgIpc) is 2.74. The van der Waals surface area contributed by atoms with Crippen molar-refractivity contribution in [2.45, 2.75) is 71.3 Å². The summed E-state index contributed by atoms with van der Waals surface area (Å²) in [5.74, 6) is 2.57. The van der Waals surface area contributed by atoms with Gasteiger partial charge in [0.1, 0.15) is 5.75 Å². The lowest BCUT2D eigenvalue weighted by atomic mass is 9.59. The number of aliphatic hydroxyl groups is 1. The van der Waals surface area contributed by atoms with Gasteiger partial charge in [0.25, 0.3) is 0 Å². The summed E-state index contributed by atoms with van der Waals surface area (Å²) in [5, 5.41) is 11.8. The molecule has 0 spiro atoms. The molecule has 4 heteroatoms. The topological polar surface area (TPSA) is 47.9 Å². The summed E-state index contributed by atoms with van der Waals surface area (Å²) >= 11 is 0. The van der Waals surface area contributed by atoms with Gasteiger partial charge in [-0.25, -0.2) is 0 Å². The van der Waals surface area contributed by atoms with Crippen LogP contribution in [-0.4, -0.2) is 32.0 Å². The molecule has 1 fully saturated rings. The number of rotatable bonds is 4. The molecule has 0 amide bonds. The van der Waals surface area contributed by atoms with Crippen molar-refractivity contribution in [3.63, 3.8) is 0 Å². The van der Waals surface area contributed by atoms with Gasteiger partial charge in [-0.05, 0) is 42.1 Å². The fourth-order valence-electron chi connectivity index (χ4n) is 5.70. The van der Waals surface area contributed by atoms with Crippen molar-refractivity contribution in [1.29, 1.82) is 0 Å². The highest BCUT2D eigenvalue weighted by Gasteiger charge is 2.51. The lowest BCUT2D eigenvalue weighted by Crippen LogP contribution is -2.49. The second-order valence-corrected chi connectivity index (χ2v) is 9.50. The highest BCUT2D eigenvalue weighted by atomic mass is 16.5. The van der Waals surface area contributed by atoms with Crippen LogP contribution in [0.5, 0.6) is 17.2 Å². The van der Waals surface area contributed by atoms with E-state index in [4.69, 9.17) is 14.2 Å². The molecule has 2 aliphatic carbocycles. The molecule has 0 radical (unpaired) electrons. The molecule has 2 atom stereocenters. The van der Waals surface area contributed by atoms with Crippen LogP contribution >= 0.6 is 0 Å². The number of methoxy groups -OCH3 is 3. The second kappa shape index (κ2) is 7.29. The largest absolute Gasteiger partial charge is 0.496 e. The van der Waals surface area contributed by atoms with Crippen LogP contribution in [0.2, 0.25) is 0 Å². The van der Waals surface area contributed by atoms with Crippen LogP contribution in [0.25, 0.3) is 5.57 Å². The van der Waals surface area contributed by atoms with E-state index in [1.165, 1.54) is 0 Å². The third-order valence-electron chi connectivity index (χ3n) is 7.00. The van der Waals surface area contributed by atoms with Crippen molar-refractivity contribution >= 4 is 5.57 Å². The quantitative estimate of drug-likeness (QED) is 0.755. The smallest absolute Gasteiger partial charge is 0.168 e. The predicted octanol–water partition coefficient (Wildman–Crippen LogP) is 5.35. The van der Waals surface area contributed by atoms with Crippen LogP contribution in [0, 0.1) is 11.3 Å². The Morgan fingerprint density at radius 1 is 1.00 bits per heavy atom. The van der Waals surface area contributed by atoms with E-state index in [9.17, 15) is 5.11 Å². The standard InChI is InChI=1S/C24H36O4/c1-14(2)18-21(27-7)19-15(3)12-17-23(4,5)10-9-11-24(17,25)13-16(19)20(26-6)22(18)28-8/h14,17,25H,3,9-13H2,1-2,4-8H3/t17-,24-/m0/s1. The van der Waals surface area contributed by atoms with Gasteiger partial charge in [-0.15, -0.1) is 0 Å². The zero-order valence-corrected chi connectivity index (χ0v) is 18.6. The van der Waals surface area contributed by atoms with Crippen molar-refractivity contribution in [2.75, 3.05) is 21.3 Å². The highest BCUT2D eigenvalue weighted by molar-refractivity contribution is 5.80. The first-order valence-electron chi connectivity index (χ1n) is 10.4. The van der Waals surface area contributed by atoms with E-state index in [1.807, 2.05) is 0 Å². The monoisotopic (exact) mass is 388 g/mol. The highest BCUT2D eigenvalue weighted by Crippen LogP contribution is 2.58. The fraction of sp³-hybridized carbons (Fsp3) is 0.667. The molecule has 1 N–H and O–H groups in total. The molecule has 0 bridgehead atoms. The molecule has 0 heterocycles. The summed E-state index contributed by atoms with van der Waals surface area (Å²) in [6.07, 6.45) is 4.25. The van der Waals surface area contributed by atoms with E-state index in [0.29, 0.717) is 17.9 Å². The van der Waals surface area contributed by atoms with Crippen LogP contribution in [-0.2, 0) is 6.42 Å². The number of hydrogen-bond donors (Lipinski definition) is 1. The molecule has 28 heavy (non-hydrogen) atoms. The van der Waals surface area contributed by atoms with E-state index in [0.717, 1.165) is 53.7 Å². The Morgan fingerprint density at radius 3 is 2.14 bits per heavy atom. The summed E-state index contributed by atoms with van der Waals surface area (Å²) in [6.45, 7) is 13.3. The van der Waals surface area contributed by atoms with Crippen molar-refractivity contribution in [3.05, 3.63) is 23.3 Å². The molecular weight excluding hydrogens is 352 g/mol. The maximum Gasteiger partial charge on any atom is 0.168 e. The van der Waals surface area contributed by atoms with Crippen LogP contribution in [0.3, 0.4) is 0 Å². The Labute approximate surface area is 169 Å². The summed E-state index contributed by atoms with van der Waals surface area (Å²) in [4.78, 5) is 0. The van der Waals surface area contributed by atoms with E-state index in [1.54, 1.807) is 21.3 Å². The molecule has 0 aliphatic heterocycles. The van der Waals surface area contributed by atoms with Gasteiger partial charge in [0.05, 0.1) is 26.9 Å². The zero-order valence-electron chi connectivity index (χ0n) is 18.6. The van der Waals surface area contributed by atoms with Gasteiger partial charge in [-0.2, -0.15) is 0 Å². The lowest BCUT2D eigenvalue weighted by molar-refractivity contribution is -0.0981. The molecule has 156 valence electrons. The van der Waals surface area contributed by atoms with Gasteiger partial charge < -0.3 is 19.3 Å². The molecule has 0 unspecified atom stereocenters. The van der Waals surface area contributed by atoms with E-state index < -0.39 is 5.60 Å². The average molecular weight is 389 g/mol. The minimum absolute atomic E-state index is 0.0589. The minimum Gasteiger partial charge on any atom is -0.496 e. The SMILES string of the molecule is C=C1C[C@H]2C(C)(C)CCC[C@]2(O)Cc2c(OC)c(OC)c(C(C)C)c(OC)c21. The van der Waals surface area contributed by atoms with Gasteiger partial charge in [0.15, 0.2) is 11.5 Å². The number of allylic oxidation sites excluding steroid dienone is 1. The minimum atomic E-state index is -0.779. The first kappa shape index (κ1) is 21.0. The predicted molar refractivity (Wildman–Crippen MR) is 114 cm³/mol. The normalized spacial score (nSPS) is 26.3. The maximum absolute atomic E-state index is 11.8. The van der Waals surface area contributed by atoms with Crippen LogP contribution in [0.1, 0.15) is 76.0 Å². The van der Waals surface area contributed by atoms with Crippen LogP contribution in [0.4, 0.5) is 0 Å². The Morgan fingerprint density at radius 2 is 1.61 bits per heavy atom. The molecule has 4 nitrogen and oxygen atoms in total. The molecule has 2 aliphatic rings. The third-order valence-corrected chi connectivity index (χ3v) is 7.00. The van der Waals surface area contributed by atoms with Crippen molar-refractivity contribution in [1.82, 2.24) is 0 Å². The van der Waals surface area contributed by atoms with E-state index >= 15 is 0 Å². The lowest BCUT2D eigenvalue weighted by Gasteiger charge is -2.49. The second-order valence-electron chi connectivity index (χ2n) is 9.50. The molecule has 1 aromatic carbocycles. The molecule has 3 rings (SSSR count). The zero-order chi connectivity index (χ0) is 20.9. The maximum atomic E-state index is 11.8. The first-order chi connectivity index (χ1) is 13.1. The van der Waals surface area contributed by atoms with Crippen molar-refractivity contribution in [2.24, 2.45) is 11.3 Å². The Kier molecular flexibility index (Phi) is 5.48. The third kappa shape index (κ3) is 3.10. The number of fused-ring (bicyclic) bond motifs is 2. The Balaban J connectivity index is 2.34. The summed E-state index contributed by atoms with van der Waals surface area (Å²) in [7, 11) is 5.05. The summed E-state index contributed by atoms with van der Waals surface area (Å²) < 4.78 is 17.6. The molecule has 1 saturated carbocycles. The van der Waals surface area contributed by atoms with Crippen molar-refractivity contribution < 1.29 is 19.3 Å². The number of benzene rings is 1. The first-order valence-corrected chi connectivity index (χ1v) is 10.4. The van der Waals surface area contributed by atoms with Gasteiger partial charge in [0.2, 0.25) is 0 Å².